The topological polar surface area (TPSA) is 133 Å². The van der Waals surface area contributed by atoms with E-state index >= 15 is 0 Å². The zero-order valence-corrected chi connectivity index (χ0v) is 24.1. The molecule has 0 radical (unpaired) electrons. The standard InChI is InChI=1S/C30H33F3N8O2/c1-17-22(15-38-40(17)29(32)33)19-4-6-20(7-5-19)39-24-11-25(26-9-8-21-10-18(12-34)13-37-41(21)26)35-14-23(24)28(42)36-16-27(31)30(2,3)43/h8-11,13-15,19-20,27,29,43H,4-7,16H2,1-3H3,(H,35,39)(H,36,42)/t19-,20-,27-/m1/s1. The van der Waals surface area contributed by atoms with E-state index in [1.54, 1.807) is 23.6 Å². The van der Waals surface area contributed by atoms with Crippen LogP contribution in [0.2, 0.25) is 0 Å². The number of anilines is 1. The van der Waals surface area contributed by atoms with Crippen LogP contribution in [0.1, 0.15) is 79.2 Å². The molecule has 1 aliphatic carbocycles. The molecule has 5 rings (SSSR count). The van der Waals surface area contributed by atoms with Gasteiger partial charge in [-0.3, -0.25) is 9.78 Å². The molecule has 13 heteroatoms. The molecule has 0 bridgehead atoms. The van der Waals surface area contributed by atoms with Crippen molar-refractivity contribution in [3.63, 3.8) is 0 Å². The van der Waals surface area contributed by atoms with E-state index in [2.05, 4.69) is 31.9 Å². The number of rotatable bonds is 9. The molecule has 0 unspecified atom stereocenters. The lowest BCUT2D eigenvalue weighted by Gasteiger charge is -2.30. The summed E-state index contributed by atoms with van der Waals surface area (Å²) in [6.07, 6.45) is 5.66. The maximum Gasteiger partial charge on any atom is 0.333 e. The third-order valence-corrected chi connectivity index (χ3v) is 8.04. The first-order valence-corrected chi connectivity index (χ1v) is 14.1. The Morgan fingerprint density at radius 2 is 1.88 bits per heavy atom. The van der Waals surface area contributed by atoms with Crippen LogP contribution in [0.25, 0.3) is 16.9 Å². The number of nitriles is 1. The van der Waals surface area contributed by atoms with E-state index in [1.807, 2.05) is 12.1 Å². The first-order valence-electron chi connectivity index (χ1n) is 14.1. The van der Waals surface area contributed by atoms with Crippen LogP contribution in [-0.4, -0.2) is 59.8 Å². The van der Waals surface area contributed by atoms with Crippen molar-refractivity contribution in [3.8, 4) is 17.5 Å². The predicted octanol–water partition coefficient (Wildman–Crippen LogP) is 5.15. The average molecular weight is 595 g/mol. The van der Waals surface area contributed by atoms with E-state index in [0.717, 1.165) is 35.9 Å². The van der Waals surface area contributed by atoms with Crippen molar-refractivity contribution >= 4 is 17.1 Å². The van der Waals surface area contributed by atoms with E-state index < -0.39 is 24.2 Å². The molecule has 4 aromatic heterocycles. The van der Waals surface area contributed by atoms with Gasteiger partial charge in [0.15, 0.2) is 0 Å². The van der Waals surface area contributed by atoms with Gasteiger partial charge in [0, 0.05) is 17.9 Å². The number of alkyl halides is 3. The lowest BCUT2D eigenvalue weighted by molar-refractivity contribution is -0.00178. The first kappa shape index (κ1) is 30.0. The van der Waals surface area contributed by atoms with Gasteiger partial charge in [0.2, 0.25) is 0 Å². The van der Waals surface area contributed by atoms with Gasteiger partial charge < -0.3 is 15.7 Å². The van der Waals surface area contributed by atoms with Crippen molar-refractivity contribution in [2.45, 2.75) is 76.7 Å². The molecular weight excluding hydrogens is 561 g/mol. The second kappa shape index (κ2) is 12.0. The normalized spacial score (nSPS) is 18.0. The van der Waals surface area contributed by atoms with Gasteiger partial charge in [-0.25, -0.2) is 13.6 Å². The lowest BCUT2D eigenvalue weighted by Crippen LogP contribution is -2.42. The van der Waals surface area contributed by atoms with Crippen LogP contribution in [0.3, 0.4) is 0 Å². The van der Waals surface area contributed by atoms with Crippen LogP contribution in [0, 0.1) is 18.3 Å². The molecule has 1 aliphatic rings. The third-order valence-electron chi connectivity index (χ3n) is 8.04. The summed E-state index contributed by atoms with van der Waals surface area (Å²) in [5.74, 6) is -0.449. The number of carbonyl (C=O) groups is 1. The van der Waals surface area contributed by atoms with Gasteiger partial charge in [-0.05, 0) is 82.2 Å². The van der Waals surface area contributed by atoms with Gasteiger partial charge >= 0.3 is 6.55 Å². The number of nitrogens with zero attached hydrogens (tertiary/aromatic N) is 6. The Balaban J connectivity index is 1.39. The number of aromatic nitrogens is 5. The highest BCUT2D eigenvalue weighted by atomic mass is 19.3. The molecule has 0 spiro atoms. The van der Waals surface area contributed by atoms with Gasteiger partial charge in [0.25, 0.3) is 5.91 Å². The fourth-order valence-electron chi connectivity index (χ4n) is 5.48. The molecule has 1 atom stereocenters. The summed E-state index contributed by atoms with van der Waals surface area (Å²) >= 11 is 0. The van der Waals surface area contributed by atoms with Gasteiger partial charge in [0.05, 0.1) is 58.3 Å². The summed E-state index contributed by atoms with van der Waals surface area (Å²) in [6.45, 7) is 1.26. The Labute approximate surface area is 246 Å². The smallest absolute Gasteiger partial charge is 0.333 e. The second-order valence-electron chi connectivity index (χ2n) is 11.5. The van der Waals surface area contributed by atoms with Gasteiger partial charge in [-0.15, -0.1) is 0 Å². The number of aliphatic hydroxyl groups is 1. The molecule has 0 saturated heterocycles. The highest BCUT2D eigenvalue weighted by Crippen LogP contribution is 2.37. The number of fused-ring (bicyclic) bond motifs is 1. The Morgan fingerprint density at radius 1 is 1.14 bits per heavy atom. The molecule has 4 aromatic rings. The summed E-state index contributed by atoms with van der Waals surface area (Å²) < 4.78 is 43.2. The van der Waals surface area contributed by atoms with Gasteiger partial charge in [-0.1, -0.05) is 0 Å². The molecule has 226 valence electrons. The number of hydrogen-bond acceptors (Lipinski definition) is 7. The molecule has 4 heterocycles. The molecule has 1 amide bonds. The van der Waals surface area contributed by atoms with Gasteiger partial charge in [-0.2, -0.15) is 24.2 Å². The van der Waals surface area contributed by atoms with Crippen LogP contribution in [0.15, 0.2) is 42.9 Å². The van der Waals surface area contributed by atoms with E-state index in [1.165, 1.54) is 32.4 Å². The van der Waals surface area contributed by atoms with Crippen molar-refractivity contribution in [1.82, 2.24) is 29.7 Å². The van der Waals surface area contributed by atoms with Crippen molar-refractivity contribution in [2.24, 2.45) is 0 Å². The summed E-state index contributed by atoms with van der Waals surface area (Å²) in [5.41, 5.74) is 2.68. The Hall–Kier alpha value is -4.44. The van der Waals surface area contributed by atoms with E-state index in [4.69, 9.17) is 0 Å². The van der Waals surface area contributed by atoms with Crippen molar-refractivity contribution in [2.75, 3.05) is 11.9 Å². The van der Waals surface area contributed by atoms with E-state index in [9.17, 15) is 28.3 Å². The largest absolute Gasteiger partial charge is 0.387 e. The van der Waals surface area contributed by atoms with Crippen LogP contribution in [-0.2, 0) is 0 Å². The number of nitrogens with one attached hydrogen (secondary N) is 2. The summed E-state index contributed by atoms with van der Waals surface area (Å²) in [6, 6.07) is 9.13. The zero-order valence-electron chi connectivity index (χ0n) is 24.1. The van der Waals surface area contributed by atoms with Crippen molar-refractivity contribution in [1.29, 1.82) is 5.26 Å². The van der Waals surface area contributed by atoms with Crippen molar-refractivity contribution in [3.05, 3.63) is 65.2 Å². The Kier molecular flexibility index (Phi) is 8.41. The van der Waals surface area contributed by atoms with Gasteiger partial charge in [0.1, 0.15) is 12.2 Å². The highest BCUT2D eigenvalue weighted by molar-refractivity contribution is 6.00. The summed E-state index contributed by atoms with van der Waals surface area (Å²) in [5, 5.41) is 33.4. The monoisotopic (exact) mass is 594 g/mol. The molecule has 3 N–H and O–H groups in total. The fraction of sp³-hybridized carbons (Fsp3) is 0.433. The average Bonchev–Trinajstić information content (AvgIpc) is 3.58. The Morgan fingerprint density at radius 3 is 2.53 bits per heavy atom. The minimum atomic E-state index is -2.69. The second-order valence-corrected chi connectivity index (χ2v) is 11.5. The minimum Gasteiger partial charge on any atom is -0.387 e. The quantitative estimate of drug-likeness (QED) is 0.244. The third kappa shape index (κ3) is 6.34. The maximum atomic E-state index is 14.4. The highest BCUT2D eigenvalue weighted by Gasteiger charge is 2.29. The van der Waals surface area contributed by atoms with Crippen molar-refractivity contribution < 1.29 is 23.1 Å². The fourth-order valence-corrected chi connectivity index (χ4v) is 5.48. The summed E-state index contributed by atoms with van der Waals surface area (Å²) in [4.78, 5) is 17.7. The van der Waals surface area contributed by atoms with Crippen LogP contribution < -0.4 is 10.6 Å². The number of halogens is 3. The Bertz CT molecular complexity index is 1660. The number of hydrogen-bond donors (Lipinski definition) is 3. The number of pyridine rings is 1. The number of amides is 1. The lowest BCUT2D eigenvalue weighted by atomic mass is 9.82. The SMILES string of the molecule is Cc1c([C@H]2CC[C@H](Nc3cc(-c4ccc5cc(C#N)cnn45)ncc3C(=O)NC[C@@H](F)C(C)(C)O)CC2)cnn1C(F)F. The molecule has 10 nitrogen and oxygen atoms in total. The molecule has 0 aromatic carbocycles. The first-order chi connectivity index (χ1) is 20.5. The van der Waals surface area contributed by atoms with Crippen LogP contribution in [0.5, 0.6) is 0 Å². The molecule has 1 fully saturated rings. The predicted molar refractivity (Wildman–Crippen MR) is 154 cm³/mol. The molecular formula is C30H33F3N8O2. The summed E-state index contributed by atoms with van der Waals surface area (Å²) in [7, 11) is 0. The van der Waals surface area contributed by atoms with E-state index in [0.29, 0.717) is 33.8 Å². The minimum absolute atomic E-state index is 0.0193. The molecule has 43 heavy (non-hydrogen) atoms. The van der Waals surface area contributed by atoms with Crippen LogP contribution >= 0.6 is 0 Å². The van der Waals surface area contributed by atoms with Crippen LogP contribution in [0.4, 0.5) is 18.9 Å². The zero-order chi connectivity index (χ0) is 30.9. The number of carbonyl (C=O) groups excluding carboxylic acids is 1. The maximum absolute atomic E-state index is 14.4. The van der Waals surface area contributed by atoms with E-state index in [-0.39, 0.29) is 24.1 Å². The molecule has 0 aliphatic heterocycles. The molecule has 1 saturated carbocycles.